The topological polar surface area (TPSA) is 29.3 Å². The molecule has 2 nitrogen and oxygen atoms in total. The van der Waals surface area contributed by atoms with Gasteiger partial charge in [-0.25, -0.2) is 0 Å². The highest BCUT2D eigenvalue weighted by Gasteiger charge is 2.24. The van der Waals surface area contributed by atoms with Crippen LogP contribution in [0.15, 0.2) is 0 Å². The lowest BCUT2D eigenvalue weighted by atomic mass is 9.99. The predicted octanol–water partition coefficient (Wildman–Crippen LogP) is 3.26. The van der Waals surface area contributed by atoms with E-state index >= 15 is 0 Å². The van der Waals surface area contributed by atoms with E-state index in [4.69, 9.17) is 5.73 Å². The molecule has 0 heterocycles. The van der Waals surface area contributed by atoms with Crippen molar-refractivity contribution in [3.05, 3.63) is 0 Å². The maximum absolute atomic E-state index is 6.14. The van der Waals surface area contributed by atoms with Gasteiger partial charge in [-0.2, -0.15) is 0 Å². The molecule has 1 saturated carbocycles. The van der Waals surface area contributed by atoms with Gasteiger partial charge in [-0.1, -0.05) is 40.0 Å². The maximum atomic E-state index is 6.14. The van der Waals surface area contributed by atoms with E-state index in [-0.39, 0.29) is 0 Å². The normalized spacial score (nSPS) is 25.1. The number of hydrogen-bond acceptors (Lipinski definition) is 2. The number of rotatable bonds is 8. The molecule has 0 aromatic carbocycles. The summed E-state index contributed by atoms with van der Waals surface area (Å²) in [5, 5.41) is 0. The highest BCUT2D eigenvalue weighted by molar-refractivity contribution is 4.81. The molecule has 0 bridgehead atoms. The van der Waals surface area contributed by atoms with Crippen LogP contribution in [-0.2, 0) is 0 Å². The summed E-state index contributed by atoms with van der Waals surface area (Å²) in [7, 11) is 0. The summed E-state index contributed by atoms with van der Waals surface area (Å²) in [6, 6.07) is 0.488. The quantitative estimate of drug-likeness (QED) is 0.705. The van der Waals surface area contributed by atoms with Crippen molar-refractivity contribution in [3.8, 4) is 0 Å². The lowest BCUT2D eigenvalue weighted by Gasteiger charge is -2.27. The fraction of sp³-hybridized carbons (Fsp3) is 1.00. The van der Waals surface area contributed by atoms with Crippen molar-refractivity contribution in [2.75, 3.05) is 19.6 Å². The van der Waals surface area contributed by atoms with Crippen LogP contribution in [0.1, 0.15) is 59.3 Å². The van der Waals surface area contributed by atoms with Crippen LogP contribution in [0.4, 0.5) is 0 Å². The van der Waals surface area contributed by atoms with Gasteiger partial charge in [0.25, 0.3) is 0 Å². The van der Waals surface area contributed by atoms with E-state index in [1.54, 1.807) is 0 Å². The molecule has 1 aliphatic carbocycles. The Morgan fingerprint density at radius 3 is 2.35 bits per heavy atom. The summed E-state index contributed by atoms with van der Waals surface area (Å²) in [6.45, 7) is 10.6. The Balaban J connectivity index is 2.26. The standard InChI is InChI=1S/C15H32N2/c1-4-13(5-2)12-17(6-3)11-10-14-8-7-9-15(14)16/h13-15H,4-12,16H2,1-3H3. The lowest BCUT2D eigenvalue weighted by Crippen LogP contribution is -2.33. The third-order valence-corrected chi connectivity index (χ3v) is 4.65. The number of hydrogen-bond donors (Lipinski definition) is 1. The van der Waals surface area contributed by atoms with E-state index in [0.717, 1.165) is 11.8 Å². The fourth-order valence-electron chi connectivity index (χ4n) is 3.06. The molecule has 1 fully saturated rings. The van der Waals surface area contributed by atoms with Gasteiger partial charge in [-0.05, 0) is 44.2 Å². The largest absolute Gasteiger partial charge is 0.327 e. The first-order valence-corrected chi connectivity index (χ1v) is 7.69. The average molecular weight is 240 g/mol. The molecule has 2 atom stereocenters. The van der Waals surface area contributed by atoms with Gasteiger partial charge in [0.15, 0.2) is 0 Å². The highest BCUT2D eigenvalue weighted by atomic mass is 15.1. The monoisotopic (exact) mass is 240 g/mol. The van der Waals surface area contributed by atoms with Crippen molar-refractivity contribution in [1.82, 2.24) is 4.90 Å². The summed E-state index contributed by atoms with van der Waals surface area (Å²) in [4.78, 5) is 2.63. The molecule has 0 aliphatic heterocycles. The van der Waals surface area contributed by atoms with E-state index in [1.807, 2.05) is 0 Å². The van der Waals surface area contributed by atoms with Crippen LogP contribution in [0.25, 0.3) is 0 Å². The zero-order chi connectivity index (χ0) is 12.7. The first-order valence-electron chi connectivity index (χ1n) is 7.69. The second kappa shape index (κ2) is 8.10. The van der Waals surface area contributed by atoms with Gasteiger partial charge in [0.2, 0.25) is 0 Å². The first kappa shape index (κ1) is 15.0. The molecule has 0 aromatic heterocycles. The van der Waals surface area contributed by atoms with Crippen molar-refractivity contribution in [2.24, 2.45) is 17.6 Å². The SMILES string of the molecule is CCC(CC)CN(CC)CCC1CCCC1N. The van der Waals surface area contributed by atoms with E-state index in [1.165, 1.54) is 58.2 Å². The number of nitrogens with two attached hydrogens (primary N) is 1. The summed E-state index contributed by atoms with van der Waals surface area (Å²) in [5.41, 5.74) is 6.14. The zero-order valence-electron chi connectivity index (χ0n) is 12.1. The minimum absolute atomic E-state index is 0.488. The minimum Gasteiger partial charge on any atom is -0.327 e. The van der Waals surface area contributed by atoms with Crippen molar-refractivity contribution in [2.45, 2.75) is 65.3 Å². The van der Waals surface area contributed by atoms with Crippen LogP contribution in [-0.4, -0.2) is 30.6 Å². The molecule has 1 aliphatic rings. The molecule has 0 spiro atoms. The van der Waals surface area contributed by atoms with Crippen molar-refractivity contribution in [1.29, 1.82) is 0 Å². The van der Waals surface area contributed by atoms with Crippen LogP contribution in [0.5, 0.6) is 0 Å². The Labute approximate surface area is 108 Å². The molecule has 0 radical (unpaired) electrons. The maximum Gasteiger partial charge on any atom is 0.00676 e. The Hall–Kier alpha value is -0.0800. The third kappa shape index (κ3) is 4.97. The van der Waals surface area contributed by atoms with Gasteiger partial charge in [0, 0.05) is 12.6 Å². The summed E-state index contributed by atoms with van der Waals surface area (Å²) >= 11 is 0. The van der Waals surface area contributed by atoms with Crippen LogP contribution < -0.4 is 5.73 Å². The summed E-state index contributed by atoms with van der Waals surface area (Å²) < 4.78 is 0. The van der Waals surface area contributed by atoms with E-state index in [2.05, 4.69) is 25.7 Å². The van der Waals surface area contributed by atoms with Gasteiger partial charge in [-0.15, -0.1) is 0 Å². The van der Waals surface area contributed by atoms with E-state index in [0.29, 0.717) is 6.04 Å². The van der Waals surface area contributed by atoms with Crippen molar-refractivity contribution >= 4 is 0 Å². The Morgan fingerprint density at radius 1 is 1.18 bits per heavy atom. The fourth-order valence-corrected chi connectivity index (χ4v) is 3.06. The van der Waals surface area contributed by atoms with E-state index < -0.39 is 0 Å². The van der Waals surface area contributed by atoms with E-state index in [9.17, 15) is 0 Å². The van der Waals surface area contributed by atoms with Gasteiger partial charge in [0.1, 0.15) is 0 Å². The highest BCUT2D eigenvalue weighted by Crippen LogP contribution is 2.27. The Morgan fingerprint density at radius 2 is 1.88 bits per heavy atom. The van der Waals surface area contributed by atoms with Crippen LogP contribution in [0, 0.1) is 11.8 Å². The molecule has 2 N–H and O–H groups in total. The van der Waals surface area contributed by atoms with Gasteiger partial charge >= 0.3 is 0 Å². The zero-order valence-corrected chi connectivity index (χ0v) is 12.1. The lowest BCUT2D eigenvalue weighted by molar-refractivity contribution is 0.215. The Kier molecular flexibility index (Phi) is 7.14. The van der Waals surface area contributed by atoms with Crippen LogP contribution in [0.2, 0.25) is 0 Å². The molecule has 0 saturated heterocycles. The smallest absolute Gasteiger partial charge is 0.00676 e. The third-order valence-electron chi connectivity index (χ3n) is 4.65. The first-order chi connectivity index (χ1) is 8.21. The molecule has 2 unspecified atom stereocenters. The molecule has 0 amide bonds. The number of nitrogens with zero attached hydrogens (tertiary/aromatic N) is 1. The van der Waals surface area contributed by atoms with Gasteiger partial charge in [0.05, 0.1) is 0 Å². The predicted molar refractivity (Wildman–Crippen MR) is 76.1 cm³/mol. The average Bonchev–Trinajstić information content (AvgIpc) is 2.75. The molecule has 1 rings (SSSR count). The van der Waals surface area contributed by atoms with Gasteiger partial charge < -0.3 is 10.6 Å². The summed E-state index contributed by atoms with van der Waals surface area (Å²) in [6.07, 6.45) is 7.92. The summed E-state index contributed by atoms with van der Waals surface area (Å²) in [5.74, 6) is 1.68. The van der Waals surface area contributed by atoms with Gasteiger partial charge in [-0.3, -0.25) is 0 Å². The Bertz CT molecular complexity index is 189. The molecular weight excluding hydrogens is 208 g/mol. The van der Waals surface area contributed by atoms with Crippen LogP contribution in [0.3, 0.4) is 0 Å². The second-order valence-electron chi connectivity index (χ2n) is 5.72. The molecular formula is C15H32N2. The molecule has 17 heavy (non-hydrogen) atoms. The van der Waals surface area contributed by atoms with Crippen molar-refractivity contribution in [3.63, 3.8) is 0 Å². The molecule has 2 heteroatoms. The van der Waals surface area contributed by atoms with Crippen molar-refractivity contribution < 1.29 is 0 Å². The van der Waals surface area contributed by atoms with Crippen LogP contribution >= 0.6 is 0 Å². The minimum atomic E-state index is 0.488. The second-order valence-corrected chi connectivity index (χ2v) is 5.72. The molecule has 102 valence electrons. The molecule has 0 aromatic rings.